The van der Waals surface area contributed by atoms with Gasteiger partial charge in [0.25, 0.3) is 0 Å². The molecule has 150 valence electrons. The van der Waals surface area contributed by atoms with Gasteiger partial charge >= 0.3 is 6.09 Å². The van der Waals surface area contributed by atoms with Crippen molar-refractivity contribution in [1.82, 2.24) is 20.5 Å². The zero-order valence-corrected chi connectivity index (χ0v) is 16.5. The van der Waals surface area contributed by atoms with Gasteiger partial charge in [-0.1, -0.05) is 11.6 Å². The summed E-state index contributed by atoms with van der Waals surface area (Å²) in [7, 11) is 1.66. The van der Waals surface area contributed by atoms with Crippen LogP contribution in [0.25, 0.3) is 0 Å². The Morgan fingerprint density at radius 3 is 3.07 bits per heavy atom. The standard InChI is InChI=1S/C19H24ClN5O3/c1-27-16-9-24-18(20)15-7-12(6-14(15)16)8-21-3-2-13-11-25(19(26)28-13)17-10-22-4-5-23-17/h5,9-10,12-13,21-22H,2-4,6-8,11H2,1H3. The van der Waals surface area contributed by atoms with Crippen LogP contribution in [0.3, 0.4) is 0 Å². The Labute approximate surface area is 168 Å². The normalized spacial score (nSPS) is 23.3. The molecular formula is C19H24ClN5O3. The molecule has 0 radical (unpaired) electrons. The predicted octanol–water partition coefficient (Wildman–Crippen LogP) is 1.73. The van der Waals surface area contributed by atoms with Gasteiger partial charge in [0.2, 0.25) is 0 Å². The lowest BCUT2D eigenvalue weighted by Crippen LogP contribution is -2.29. The van der Waals surface area contributed by atoms with E-state index >= 15 is 0 Å². The summed E-state index contributed by atoms with van der Waals surface area (Å²) in [4.78, 5) is 22.1. The summed E-state index contributed by atoms with van der Waals surface area (Å²) in [6, 6.07) is 0. The maximum absolute atomic E-state index is 12.1. The van der Waals surface area contributed by atoms with E-state index in [0.29, 0.717) is 30.0 Å². The molecule has 0 spiro atoms. The number of halogens is 1. The second-order valence-electron chi connectivity index (χ2n) is 7.18. The summed E-state index contributed by atoms with van der Waals surface area (Å²) in [6.07, 6.45) is 7.31. The number of carbonyl (C=O) groups is 1. The van der Waals surface area contributed by atoms with Crippen molar-refractivity contribution in [2.75, 3.05) is 33.3 Å². The van der Waals surface area contributed by atoms with Crippen molar-refractivity contribution in [1.29, 1.82) is 0 Å². The monoisotopic (exact) mass is 405 g/mol. The third kappa shape index (κ3) is 3.93. The average Bonchev–Trinajstić information content (AvgIpc) is 3.30. The van der Waals surface area contributed by atoms with Gasteiger partial charge in [0.05, 0.1) is 19.9 Å². The first-order valence-corrected chi connectivity index (χ1v) is 9.88. The molecule has 0 aromatic carbocycles. The Kier molecular flexibility index (Phi) is 5.68. The molecule has 3 heterocycles. The first kappa shape index (κ1) is 19.0. The third-order valence-electron chi connectivity index (χ3n) is 5.30. The Bertz CT molecular complexity index is 813. The second kappa shape index (κ2) is 8.36. The van der Waals surface area contributed by atoms with Crippen LogP contribution in [-0.2, 0) is 17.6 Å². The first-order valence-electron chi connectivity index (χ1n) is 9.51. The van der Waals surface area contributed by atoms with Crippen molar-refractivity contribution in [3.05, 3.63) is 34.5 Å². The number of carbonyl (C=O) groups excluding carboxylic acids is 1. The minimum Gasteiger partial charge on any atom is -0.495 e. The fraction of sp³-hybridized carbons (Fsp3) is 0.526. The van der Waals surface area contributed by atoms with E-state index in [1.165, 1.54) is 5.56 Å². The highest BCUT2D eigenvalue weighted by Crippen LogP contribution is 2.36. The first-order chi connectivity index (χ1) is 13.7. The van der Waals surface area contributed by atoms with E-state index in [-0.39, 0.29) is 12.2 Å². The van der Waals surface area contributed by atoms with Crippen molar-refractivity contribution in [2.24, 2.45) is 10.9 Å². The molecule has 1 aromatic heterocycles. The van der Waals surface area contributed by atoms with Gasteiger partial charge in [-0.15, -0.1) is 0 Å². The molecule has 4 rings (SSSR count). The maximum Gasteiger partial charge on any atom is 0.415 e. The Morgan fingerprint density at radius 1 is 1.43 bits per heavy atom. The van der Waals surface area contributed by atoms with Gasteiger partial charge in [-0.3, -0.25) is 4.90 Å². The van der Waals surface area contributed by atoms with Crippen LogP contribution in [0, 0.1) is 5.92 Å². The zero-order valence-electron chi connectivity index (χ0n) is 15.8. The van der Waals surface area contributed by atoms with Gasteiger partial charge in [0, 0.05) is 24.5 Å². The van der Waals surface area contributed by atoms with E-state index in [0.717, 1.165) is 43.7 Å². The molecule has 28 heavy (non-hydrogen) atoms. The van der Waals surface area contributed by atoms with Crippen LogP contribution in [-0.4, -0.2) is 61.6 Å². The van der Waals surface area contributed by atoms with Crippen LogP contribution in [0.1, 0.15) is 17.5 Å². The minimum atomic E-state index is -0.336. The van der Waals surface area contributed by atoms with Crippen LogP contribution in [0.4, 0.5) is 4.79 Å². The zero-order chi connectivity index (χ0) is 19.5. The highest BCUT2D eigenvalue weighted by molar-refractivity contribution is 6.30. The second-order valence-corrected chi connectivity index (χ2v) is 7.54. The Hall–Kier alpha value is -2.32. The third-order valence-corrected chi connectivity index (χ3v) is 5.63. The largest absolute Gasteiger partial charge is 0.495 e. The van der Waals surface area contributed by atoms with E-state index < -0.39 is 0 Å². The van der Waals surface area contributed by atoms with Crippen molar-refractivity contribution >= 4 is 23.9 Å². The van der Waals surface area contributed by atoms with E-state index in [1.54, 1.807) is 30.6 Å². The molecule has 2 N–H and O–H groups in total. The molecule has 9 heteroatoms. The Balaban J connectivity index is 1.22. The SMILES string of the molecule is COc1cnc(Cl)c2c1CC(CNCCC1CN(C3=CNCC=N3)C(=O)O1)C2. The topological polar surface area (TPSA) is 88.1 Å². The predicted molar refractivity (Wildman–Crippen MR) is 106 cm³/mol. The van der Waals surface area contributed by atoms with Gasteiger partial charge in [0.15, 0.2) is 5.82 Å². The highest BCUT2D eigenvalue weighted by atomic mass is 35.5. The maximum atomic E-state index is 12.1. The van der Waals surface area contributed by atoms with E-state index in [4.69, 9.17) is 21.1 Å². The summed E-state index contributed by atoms with van der Waals surface area (Å²) in [5.74, 6) is 1.88. The number of cyclic esters (lactones) is 1. The lowest BCUT2D eigenvalue weighted by atomic mass is 10.1. The fourth-order valence-corrected chi connectivity index (χ4v) is 4.14. The summed E-state index contributed by atoms with van der Waals surface area (Å²) in [5, 5.41) is 7.11. The molecule has 1 amide bonds. The number of rotatable bonds is 7. The summed E-state index contributed by atoms with van der Waals surface area (Å²) in [5.41, 5.74) is 2.27. The lowest BCUT2D eigenvalue weighted by molar-refractivity contribution is 0.130. The smallest absolute Gasteiger partial charge is 0.415 e. The molecule has 1 aromatic rings. The van der Waals surface area contributed by atoms with Crippen molar-refractivity contribution in [3.8, 4) is 5.75 Å². The van der Waals surface area contributed by atoms with E-state index in [9.17, 15) is 4.79 Å². The van der Waals surface area contributed by atoms with Crippen LogP contribution in [0.5, 0.6) is 5.75 Å². The number of methoxy groups -OCH3 is 1. The van der Waals surface area contributed by atoms with Gasteiger partial charge in [0.1, 0.15) is 17.0 Å². The number of fused-ring (bicyclic) bond motifs is 1. The molecule has 1 aliphatic carbocycles. The molecule has 3 aliphatic rings. The molecule has 8 nitrogen and oxygen atoms in total. The number of aromatic nitrogens is 1. The van der Waals surface area contributed by atoms with E-state index in [1.807, 2.05) is 0 Å². The average molecular weight is 406 g/mol. The minimum absolute atomic E-state index is 0.127. The highest BCUT2D eigenvalue weighted by Gasteiger charge is 2.33. The molecule has 0 bridgehead atoms. The quantitative estimate of drug-likeness (QED) is 0.530. The van der Waals surface area contributed by atoms with Gasteiger partial charge < -0.3 is 20.1 Å². The molecule has 1 saturated heterocycles. The van der Waals surface area contributed by atoms with Crippen molar-refractivity contribution in [2.45, 2.75) is 25.4 Å². The summed E-state index contributed by atoms with van der Waals surface area (Å²) in [6.45, 7) is 2.86. The number of aliphatic imine (C=N–C) groups is 1. The van der Waals surface area contributed by atoms with E-state index in [2.05, 4.69) is 20.6 Å². The van der Waals surface area contributed by atoms with Crippen LogP contribution < -0.4 is 15.4 Å². The Morgan fingerprint density at radius 2 is 2.29 bits per heavy atom. The number of hydrogen-bond acceptors (Lipinski definition) is 7. The van der Waals surface area contributed by atoms with Crippen LogP contribution >= 0.6 is 11.6 Å². The molecular weight excluding hydrogens is 382 g/mol. The molecule has 2 atom stereocenters. The number of nitrogens with one attached hydrogen (secondary N) is 2. The summed E-state index contributed by atoms with van der Waals surface area (Å²) < 4.78 is 10.9. The van der Waals surface area contributed by atoms with Gasteiger partial charge in [-0.05, 0) is 43.8 Å². The number of hydrogen-bond donors (Lipinski definition) is 2. The molecule has 1 fully saturated rings. The van der Waals surface area contributed by atoms with Crippen LogP contribution in [0.2, 0.25) is 5.15 Å². The van der Waals surface area contributed by atoms with Crippen molar-refractivity contribution in [3.63, 3.8) is 0 Å². The van der Waals surface area contributed by atoms with Gasteiger partial charge in [-0.2, -0.15) is 0 Å². The number of amides is 1. The van der Waals surface area contributed by atoms with Crippen molar-refractivity contribution < 1.29 is 14.3 Å². The lowest BCUT2D eigenvalue weighted by Gasteiger charge is -2.16. The summed E-state index contributed by atoms with van der Waals surface area (Å²) >= 11 is 6.24. The number of ether oxygens (including phenoxy) is 2. The number of pyridine rings is 1. The number of nitrogens with zero attached hydrogens (tertiary/aromatic N) is 3. The molecule has 0 saturated carbocycles. The molecule has 2 unspecified atom stereocenters. The van der Waals surface area contributed by atoms with Crippen LogP contribution in [0.15, 0.2) is 23.2 Å². The fourth-order valence-electron chi connectivity index (χ4n) is 3.90. The molecule has 2 aliphatic heterocycles. The van der Waals surface area contributed by atoms with Gasteiger partial charge in [-0.25, -0.2) is 14.8 Å².